The van der Waals surface area contributed by atoms with Crippen LogP contribution in [0.25, 0.3) is 0 Å². The lowest BCUT2D eigenvalue weighted by Crippen LogP contribution is -2.63. The molecule has 2 aliphatic heterocycles. The summed E-state index contributed by atoms with van der Waals surface area (Å²) < 4.78 is 24.1. The van der Waals surface area contributed by atoms with Gasteiger partial charge in [0.05, 0.1) is 24.1 Å². The van der Waals surface area contributed by atoms with Gasteiger partial charge in [-0.3, -0.25) is 9.69 Å². The maximum absolute atomic E-state index is 12.3. The van der Waals surface area contributed by atoms with E-state index in [1.807, 2.05) is 4.90 Å². The van der Waals surface area contributed by atoms with Crippen LogP contribution in [0, 0.1) is 0 Å². The quantitative estimate of drug-likeness (QED) is 0.617. The Morgan fingerprint density at radius 3 is 2.14 bits per heavy atom. The summed E-state index contributed by atoms with van der Waals surface area (Å²) in [7, 11) is 3.48. The molecular formula is C13H24N4O4S. The van der Waals surface area contributed by atoms with Crippen LogP contribution in [0.5, 0.6) is 0 Å². The highest BCUT2D eigenvalue weighted by molar-refractivity contribution is 7.91. The minimum Gasteiger partial charge on any atom is -0.348 e. The number of nitrogens with zero attached hydrogens (tertiary/aromatic N) is 4. The molecule has 8 nitrogen and oxygen atoms in total. The number of piperazine rings is 1. The van der Waals surface area contributed by atoms with E-state index in [2.05, 4.69) is 0 Å². The minimum atomic E-state index is -3.19. The average Bonchev–Trinajstić information content (AvgIpc) is 2.73. The highest BCUT2D eigenvalue weighted by Gasteiger charge is 2.48. The second-order valence-electron chi connectivity index (χ2n) is 6.34. The fourth-order valence-electron chi connectivity index (χ4n) is 3.03. The molecule has 3 amide bonds. The van der Waals surface area contributed by atoms with E-state index in [1.54, 1.807) is 33.1 Å². The smallest absolute Gasteiger partial charge is 0.319 e. The number of urea groups is 1. The lowest BCUT2D eigenvalue weighted by atomic mass is 10.1. The number of hydrogen-bond acceptors (Lipinski definition) is 5. The molecule has 0 aromatic heterocycles. The zero-order valence-electron chi connectivity index (χ0n) is 13.5. The van der Waals surface area contributed by atoms with Crippen molar-refractivity contribution in [3.05, 3.63) is 0 Å². The van der Waals surface area contributed by atoms with Gasteiger partial charge in [-0.15, -0.1) is 0 Å². The number of carbonyl (C=O) groups is 2. The van der Waals surface area contributed by atoms with Gasteiger partial charge >= 0.3 is 6.03 Å². The van der Waals surface area contributed by atoms with Crippen LogP contribution in [0.15, 0.2) is 0 Å². The van der Waals surface area contributed by atoms with Gasteiger partial charge in [0, 0.05) is 47.3 Å². The molecule has 0 unspecified atom stereocenters. The fourth-order valence-corrected chi connectivity index (χ4v) is 5.04. The van der Waals surface area contributed by atoms with Gasteiger partial charge < -0.3 is 14.7 Å². The Morgan fingerprint density at radius 1 is 1.00 bits per heavy atom. The molecule has 0 N–H and O–H groups in total. The van der Waals surface area contributed by atoms with Crippen molar-refractivity contribution in [1.82, 2.24) is 19.6 Å². The molecule has 2 heterocycles. The van der Waals surface area contributed by atoms with Gasteiger partial charge in [0.2, 0.25) is 5.91 Å². The first kappa shape index (κ1) is 17.0. The number of hydrogen-bond donors (Lipinski definition) is 0. The van der Waals surface area contributed by atoms with Crippen LogP contribution in [0.3, 0.4) is 0 Å². The molecule has 2 aliphatic rings. The van der Waals surface area contributed by atoms with Crippen molar-refractivity contribution in [1.29, 1.82) is 0 Å². The molecule has 0 bridgehead atoms. The van der Waals surface area contributed by atoms with Gasteiger partial charge in [-0.05, 0) is 0 Å². The molecule has 2 saturated heterocycles. The molecule has 0 aromatic rings. The Kier molecular flexibility index (Phi) is 4.67. The normalized spacial score (nSPS) is 27.4. The predicted molar refractivity (Wildman–Crippen MR) is 82.3 cm³/mol. The van der Waals surface area contributed by atoms with Crippen LogP contribution in [0.4, 0.5) is 4.79 Å². The van der Waals surface area contributed by atoms with Crippen molar-refractivity contribution in [3.8, 4) is 0 Å². The summed E-state index contributed by atoms with van der Waals surface area (Å²) in [6.07, 6.45) is 0. The molecule has 0 aromatic carbocycles. The topological polar surface area (TPSA) is 81.2 Å². The van der Waals surface area contributed by atoms with Crippen molar-refractivity contribution in [2.24, 2.45) is 0 Å². The van der Waals surface area contributed by atoms with Crippen LogP contribution in [0.1, 0.15) is 0 Å². The second kappa shape index (κ2) is 6.04. The summed E-state index contributed by atoms with van der Waals surface area (Å²) in [5.41, 5.74) is 0. The standard InChI is InChI=1S/C13H24N4O4S/c1-14(2)12(18)7-16-5-6-17(13(19)15(3)4)11-9-22(20,21)8-10(11)16/h10-11H,5-9H2,1-4H3/t10-,11+/m0/s1. The predicted octanol–water partition coefficient (Wildman–Crippen LogP) is -1.46. The van der Waals surface area contributed by atoms with Gasteiger partial charge in [-0.1, -0.05) is 0 Å². The third-order valence-electron chi connectivity index (χ3n) is 4.26. The van der Waals surface area contributed by atoms with E-state index in [-0.39, 0.29) is 42.1 Å². The highest BCUT2D eigenvalue weighted by atomic mass is 32.2. The van der Waals surface area contributed by atoms with Gasteiger partial charge in [0.25, 0.3) is 0 Å². The lowest BCUT2D eigenvalue weighted by molar-refractivity contribution is -0.131. The SMILES string of the molecule is CN(C)C(=O)CN1CCN(C(=O)N(C)C)[C@@H]2CS(=O)(=O)C[C@@H]21. The molecular weight excluding hydrogens is 308 g/mol. The van der Waals surface area contributed by atoms with Crippen molar-refractivity contribution in [2.75, 3.05) is 59.3 Å². The monoisotopic (exact) mass is 332 g/mol. The summed E-state index contributed by atoms with van der Waals surface area (Å²) in [6, 6.07) is -0.846. The maximum atomic E-state index is 12.3. The largest absolute Gasteiger partial charge is 0.348 e. The first-order valence-electron chi connectivity index (χ1n) is 7.25. The Balaban J connectivity index is 2.20. The van der Waals surface area contributed by atoms with Crippen molar-refractivity contribution in [2.45, 2.75) is 12.1 Å². The summed E-state index contributed by atoms with van der Waals surface area (Å²) >= 11 is 0. The fraction of sp³-hybridized carbons (Fsp3) is 0.846. The van der Waals surface area contributed by atoms with Crippen molar-refractivity contribution >= 4 is 21.8 Å². The van der Waals surface area contributed by atoms with Gasteiger partial charge in [0.15, 0.2) is 9.84 Å². The van der Waals surface area contributed by atoms with E-state index in [1.165, 1.54) is 9.80 Å². The van der Waals surface area contributed by atoms with E-state index < -0.39 is 9.84 Å². The van der Waals surface area contributed by atoms with E-state index in [4.69, 9.17) is 0 Å². The molecule has 0 radical (unpaired) electrons. The van der Waals surface area contributed by atoms with Crippen LogP contribution in [-0.4, -0.2) is 111 Å². The average molecular weight is 332 g/mol. The third kappa shape index (κ3) is 3.35. The first-order valence-corrected chi connectivity index (χ1v) is 9.07. The Bertz CT molecular complexity index is 560. The van der Waals surface area contributed by atoms with Gasteiger partial charge in [0.1, 0.15) is 0 Å². The van der Waals surface area contributed by atoms with Crippen LogP contribution in [0.2, 0.25) is 0 Å². The molecule has 22 heavy (non-hydrogen) atoms. The minimum absolute atomic E-state index is 0.00951. The Labute approximate surface area is 131 Å². The molecule has 2 fully saturated rings. The van der Waals surface area contributed by atoms with E-state index in [0.717, 1.165) is 0 Å². The molecule has 2 atom stereocenters. The molecule has 9 heteroatoms. The Hall–Kier alpha value is -1.35. The van der Waals surface area contributed by atoms with Crippen LogP contribution < -0.4 is 0 Å². The molecule has 0 aliphatic carbocycles. The summed E-state index contributed by atoms with van der Waals surface area (Å²) in [5.74, 6) is -0.0742. The molecule has 126 valence electrons. The molecule has 0 saturated carbocycles. The second-order valence-corrected chi connectivity index (χ2v) is 8.49. The summed E-state index contributed by atoms with van der Waals surface area (Å²) in [5, 5.41) is 0. The Morgan fingerprint density at radius 2 is 1.59 bits per heavy atom. The van der Waals surface area contributed by atoms with Crippen molar-refractivity contribution in [3.63, 3.8) is 0 Å². The number of amides is 3. The van der Waals surface area contributed by atoms with E-state index in [9.17, 15) is 18.0 Å². The third-order valence-corrected chi connectivity index (χ3v) is 5.96. The highest BCUT2D eigenvalue weighted by Crippen LogP contribution is 2.27. The summed E-state index contributed by atoms with van der Waals surface area (Å²) in [4.78, 5) is 30.7. The zero-order valence-corrected chi connectivity index (χ0v) is 14.3. The zero-order chi connectivity index (χ0) is 16.7. The number of carbonyl (C=O) groups excluding carboxylic acids is 2. The summed E-state index contributed by atoms with van der Waals surface area (Å²) in [6.45, 7) is 1.14. The van der Waals surface area contributed by atoms with Gasteiger partial charge in [-0.25, -0.2) is 13.2 Å². The first-order chi connectivity index (χ1) is 10.1. The van der Waals surface area contributed by atoms with E-state index >= 15 is 0 Å². The number of rotatable bonds is 2. The lowest BCUT2D eigenvalue weighted by Gasteiger charge is -2.44. The molecule has 2 rings (SSSR count). The van der Waals surface area contributed by atoms with Crippen molar-refractivity contribution < 1.29 is 18.0 Å². The van der Waals surface area contributed by atoms with Crippen LogP contribution in [-0.2, 0) is 14.6 Å². The number of fused-ring (bicyclic) bond motifs is 1. The number of likely N-dealkylation sites (N-methyl/N-ethyl adjacent to an activating group) is 1. The van der Waals surface area contributed by atoms with Crippen LogP contribution >= 0.6 is 0 Å². The van der Waals surface area contributed by atoms with E-state index in [0.29, 0.717) is 13.1 Å². The van der Waals surface area contributed by atoms with Gasteiger partial charge in [-0.2, -0.15) is 0 Å². The molecule has 0 spiro atoms. The number of sulfone groups is 1. The maximum Gasteiger partial charge on any atom is 0.319 e.